The van der Waals surface area contributed by atoms with E-state index in [9.17, 15) is 0 Å². The summed E-state index contributed by atoms with van der Waals surface area (Å²) in [6.45, 7) is 6.92. The Bertz CT molecular complexity index is 241. The highest BCUT2D eigenvalue weighted by Gasteiger charge is 2.15. The summed E-state index contributed by atoms with van der Waals surface area (Å²) in [6, 6.07) is 0.499. The van der Waals surface area contributed by atoms with Crippen LogP contribution in [-0.4, -0.2) is 30.6 Å². The van der Waals surface area contributed by atoms with Crippen molar-refractivity contribution in [3.05, 3.63) is 23.7 Å². The number of rotatable bonds is 2. The minimum absolute atomic E-state index is 0.499. The highest BCUT2D eigenvalue weighted by atomic mass is 15.2. The van der Waals surface area contributed by atoms with Gasteiger partial charge in [0.25, 0.3) is 0 Å². The largest absolute Gasteiger partial charge is 0.402 e. The summed E-state index contributed by atoms with van der Waals surface area (Å²) < 4.78 is 0. The van der Waals surface area contributed by atoms with Crippen molar-refractivity contribution in [2.45, 2.75) is 19.9 Å². The van der Waals surface area contributed by atoms with Crippen LogP contribution in [0, 0.1) is 0 Å². The Labute approximate surface area is 85.6 Å². The van der Waals surface area contributed by atoms with Crippen LogP contribution in [-0.2, 0) is 0 Å². The van der Waals surface area contributed by atoms with Gasteiger partial charge in [-0.3, -0.25) is 0 Å². The molecule has 80 valence electrons. The molecule has 0 aromatic rings. The van der Waals surface area contributed by atoms with Gasteiger partial charge in [0.05, 0.1) is 5.82 Å². The monoisotopic (exact) mass is 196 g/mol. The van der Waals surface area contributed by atoms with Crippen LogP contribution >= 0.6 is 0 Å². The van der Waals surface area contributed by atoms with E-state index in [2.05, 4.69) is 17.1 Å². The molecule has 1 saturated heterocycles. The average molecular weight is 196 g/mol. The smallest absolute Gasteiger partial charge is 0.0987 e. The molecular weight excluding hydrogens is 176 g/mol. The van der Waals surface area contributed by atoms with Crippen LogP contribution in [0.2, 0.25) is 0 Å². The first-order chi connectivity index (χ1) is 6.59. The topological polar surface area (TPSA) is 67.3 Å². The minimum Gasteiger partial charge on any atom is -0.402 e. The van der Waals surface area contributed by atoms with Gasteiger partial charge in [-0.2, -0.15) is 0 Å². The first kappa shape index (κ1) is 10.9. The molecule has 0 spiro atoms. The van der Waals surface area contributed by atoms with Crippen LogP contribution in [0.1, 0.15) is 13.8 Å². The fourth-order valence-corrected chi connectivity index (χ4v) is 1.49. The number of piperazine rings is 1. The van der Waals surface area contributed by atoms with Crippen LogP contribution in [0.3, 0.4) is 0 Å². The Morgan fingerprint density at radius 2 is 2.14 bits per heavy atom. The molecule has 4 nitrogen and oxygen atoms in total. The molecule has 0 amide bonds. The van der Waals surface area contributed by atoms with Crippen LogP contribution < -0.4 is 16.8 Å². The standard InChI is InChI=1S/C10H20N4/c1-8(11)3-4-10(12)14-6-5-13-9(2)7-14/h3-4,9,13H,5-7,11-12H2,1-2H3/b8-3-,10-4+/t9-/m1/s1. The molecule has 0 saturated carbocycles. The Hall–Kier alpha value is -1.16. The lowest BCUT2D eigenvalue weighted by Gasteiger charge is -2.33. The molecule has 0 bridgehead atoms. The molecule has 1 fully saturated rings. The van der Waals surface area contributed by atoms with Crippen molar-refractivity contribution in [2.24, 2.45) is 11.5 Å². The molecule has 0 aromatic heterocycles. The van der Waals surface area contributed by atoms with Crippen LogP contribution in [0.5, 0.6) is 0 Å². The van der Waals surface area contributed by atoms with Crippen LogP contribution in [0.25, 0.3) is 0 Å². The molecule has 1 heterocycles. The molecule has 4 heteroatoms. The van der Waals surface area contributed by atoms with Gasteiger partial charge < -0.3 is 21.7 Å². The summed E-state index contributed by atoms with van der Waals surface area (Å²) in [5.74, 6) is 0.795. The number of nitrogens with one attached hydrogen (secondary N) is 1. The quantitative estimate of drug-likeness (QED) is 0.541. The zero-order chi connectivity index (χ0) is 10.6. The fourth-order valence-electron chi connectivity index (χ4n) is 1.49. The number of nitrogens with zero attached hydrogens (tertiary/aromatic N) is 1. The average Bonchev–Trinajstić information content (AvgIpc) is 2.14. The molecule has 0 aliphatic carbocycles. The molecule has 5 N–H and O–H groups in total. The van der Waals surface area contributed by atoms with Gasteiger partial charge in [-0.15, -0.1) is 0 Å². The van der Waals surface area contributed by atoms with E-state index in [-0.39, 0.29) is 0 Å². The molecule has 0 unspecified atom stereocenters. The maximum absolute atomic E-state index is 5.92. The molecule has 1 atom stereocenters. The van der Waals surface area contributed by atoms with E-state index in [1.807, 2.05) is 19.1 Å². The maximum Gasteiger partial charge on any atom is 0.0987 e. The van der Waals surface area contributed by atoms with Gasteiger partial charge in [0.2, 0.25) is 0 Å². The lowest BCUT2D eigenvalue weighted by Crippen LogP contribution is -2.49. The van der Waals surface area contributed by atoms with Crippen molar-refractivity contribution in [2.75, 3.05) is 19.6 Å². The van der Waals surface area contributed by atoms with Gasteiger partial charge in [-0.05, 0) is 26.0 Å². The van der Waals surface area contributed by atoms with E-state index >= 15 is 0 Å². The molecule has 0 radical (unpaired) electrons. The third kappa shape index (κ3) is 3.30. The second kappa shape index (κ2) is 4.91. The van der Waals surface area contributed by atoms with Gasteiger partial charge in [0.1, 0.15) is 0 Å². The van der Waals surface area contributed by atoms with Crippen LogP contribution in [0.15, 0.2) is 23.7 Å². The fraction of sp³-hybridized carbons (Fsp3) is 0.600. The van der Waals surface area contributed by atoms with Crippen molar-refractivity contribution in [1.29, 1.82) is 0 Å². The SMILES string of the molecule is C/C(N)=C/C=C(\N)N1CCN[C@H](C)C1. The lowest BCUT2D eigenvalue weighted by molar-refractivity contribution is 0.253. The normalized spacial score (nSPS) is 25.3. The molecule has 0 aromatic carbocycles. The van der Waals surface area contributed by atoms with Gasteiger partial charge >= 0.3 is 0 Å². The van der Waals surface area contributed by atoms with E-state index in [4.69, 9.17) is 11.5 Å². The van der Waals surface area contributed by atoms with Crippen LogP contribution in [0.4, 0.5) is 0 Å². The minimum atomic E-state index is 0.499. The van der Waals surface area contributed by atoms with Crippen molar-refractivity contribution >= 4 is 0 Å². The van der Waals surface area contributed by atoms with E-state index in [1.165, 1.54) is 0 Å². The second-order valence-corrected chi connectivity index (χ2v) is 3.80. The zero-order valence-electron chi connectivity index (χ0n) is 8.96. The van der Waals surface area contributed by atoms with Crippen molar-refractivity contribution in [1.82, 2.24) is 10.2 Å². The number of hydrogen-bond acceptors (Lipinski definition) is 4. The molecule has 1 aliphatic rings. The second-order valence-electron chi connectivity index (χ2n) is 3.80. The molecular formula is C10H20N4. The number of hydrogen-bond donors (Lipinski definition) is 3. The van der Waals surface area contributed by atoms with Crippen molar-refractivity contribution < 1.29 is 0 Å². The highest BCUT2D eigenvalue weighted by molar-refractivity contribution is 5.13. The molecule has 14 heavy (non-hydrogen) atoms. The first-order valence-corrected chi connectivity index (χ1v) is 4.97. The predicted octanol–water partition coefficient (Wildman–Crippen LogP) is -0.0573. The van der Waals surface area contributed by atoms with Crippen molar-refractivity contribution in [3.8, 4) is 0 Å². The zero-order valence-corrected chi connectivity index (χ0v) is 8.96. The first-order valence-electron chi connectivity index (χ1n) is 4.97. The Kier molecular flexibility index (Phi) is 3.83. The van der Waals surface area contributed by atoms with E-state index in [0.29, 0.717) is 6.04 Å². The van der Waals surface area contributed by atoms with Gasteiger partial charge in [0.15, 0.2) is 0 Å². The third-order valence-corrected chi connectivity index (χ3v) is 2.25. The summed E-state index contributed by atoms with van der Waals surface area (Å²) in [4.78, 5) is 2.17. The lowest BCUT2D eigenvalue weighted by atomic mass is 10.2. The van der Waals surface area contributed by atoms with Gasteiger partial charge in [-0.1, -0.05) is 0 Å². The van der Waals surface area contributed by atoms with E-state index in [1.54, 1.807) is 0 Å². The summed E-state index contributed by atoms with van der Waals surface area (Å²) in [5.41, 5.74) is 12.2. The van der Waals surface area contributed by atoms with E-state index < -0.39 is 0 Å². The predicted molar refractivity (Wildman–Crippen MR) is 59.3 cm³/mol. The number of allylic oxidation sites excluding steroid dienone is 3. The summed E-state index contributed by atoms with van der Waals surface area (Å²) in [5, 5.41) is 3.37. The summed E-state index contributed by atoms with van der Waals surface area (Å²) in [6.07, 6.45) is 3.70. The van der Waals surface area contributed by atoms with Crippen molar-refractivity contribution in [3.63, 3.8) is 0 Å². The Morgan fingerprint density at radius 1 is 1.43 bits per heavy atom. The third-order valence-electron chi connectivity index (χ3n) is 2.25. The molecule has 1 rings (SSSR count). The highest BCUT2D eigenvalue weighted by Crippen LogP contribution is 2.03. The Morgan fingerprint density at radius 3 is 2.71 bits per heavy atom. The Balaban J connectivity index is 2.55. The number of nitrogens with two attached hydrogens (primary N) is 2. The van der Waals surface area contributed by atoms with E-state index in [0.717, 1.165) is 31.2 Å². The van der Waals surface area contributed by atoms with Gasteiger partial charge in [-0.25, -0.2) is 0 Å². The molecule has 1 aliphatic heterocycles. The maximum atomic E-state index is 5.92. The summed E-state index contributed by atoms with van der Waals surface area (Å²) >= 11 is 0. The van der Waals surface area contributed by atoms with Gasteiger partial charge in [0, 0.05) is 31.4 Å². The summed E-state index contributed by atoms with van der Waals surface area (Å²) in [7, 11) is 0.